The molecule has 0 aliphatic rings. The first kappa shape index (κ1) is 13.6. The molecular formula is C16H12ClFN2O. The van der Waals surface area contributed by atoms with Crippen LogP contribution in [-0.4, -0.2) is 4.98 Å². The summed E-state index contributed by atoms with van der Waals surface area (Å²) in [5.41, 5.74) is 7.51. The zero-order valence-corrected chi connectivity index (χ0v) is 12.0. The van der Waals surface area contributed by atoms with E-state index in [9.17, 15) is 4.39 Å². The summed E-state index contributed by atoms with van der Waals surface area (Å²) in [5.74, 6) is 0.140. The van der Waals surface area contributed by atoms with Crippen LogP contribution < -0.4 is 10.5 Å². The third-order valence-electron chi connectivity index (χ3n) is 3.21. The molecule has 3 nitrogen and oxygen atoms in total. The Morgan fingerprint density at radius 3 is 2.76 bits per heavy atom. The van der Waals surface area contributed by atoms with Gasteiger partial charge in [0.25, 0.3) is 0 Å². The second-order valence-electron chi connectivity index (χ2n) is 4.71. The average Bonchev–Trinajstić information content (AvgIpc) is 2.44. The number of rotatable bonds is 2. The highest BCUT2D eigenvalue weighted by atomic mass is 35.5. The highest BCUT2D eigenvalue weighted by Crippen LogP contribution is 2.33. The average molecular weight is 303 g/mol. The van der Waals surface area contributed by atoms with E-state index >= 15 is 0 Å². The zero-order chi connectivity index (χ0) is 15.0. The van der Waals surface area contributed by atoms with Crippen molar-refractivity contribution in [3.63, 3.8) is 0 Å². The number of hydrogen-bond acceptors (Lipinski definition) is 3. The monoisotopic (exact) mass is 302 g/mol. The van der Waals surface area contributed by atoms with Crippen molar-refractivity contribution >= 4 is 28.2 Å². The van der Waals surface area contributed by atoms with Crippen molar-refractivity contribution in [2.45, 2.75) is 6.92 Å². The van der Waals surface area contributed by atoms with Crippen LogP contribution in [0.15, 0.2) is 42.6 Å². The largest absolute Gasteiger partial charge is 0.454 e. The van der Waals surface area contributed by atoms with Gasteiger partial charge in [0.15, 0.2) is 11.6 Å². The lowest BCUT2D eigenvalue weighted by Crippen LogP contribution is -1.95. The Morgan fingerprint density at radius 2 is 1.95 bits per heavy atom. The van der Waals surface area contributed by atoms with Gasteiger partial charge in [0.05, 0.1) is 5.52 Å². The van der Waals surface area contributed by atoms with Crippen molar-refractivity contribution in [2.75, 3.05) is 5.73 Å². The van der Waals surface area contributed by atoms with Crippen molar-refractivity contribution in [1.29, 1.82) is 0 Å². The smallest absolute Gasteiger partial charge is 0.167 e. The Bertz CT molecular complexity index is 836. The van der Waals surface area contributed by atoms with Crippen LogP contribution in [0.4, 0.5) is 10.1 Å². The zero-order valence-electron chi connectivity index (χ0n) is 11.2. The molecule has 0 aliphatic heterocycles. The van der Waals surface area contributed by atoms with E-state index in [4.69, 9.17) is 22.1 Å². The molecule has 0 amide bonds. The number of aryl methyl sites for hydroxylation is 1. The molecule has 0 unspecified atom stereocenters. The number of halogens is 2. The summed E-state index contributed by atoms with van der Waals surface area (Å²) in [7, 11) is 0. The summed E-state index contributed by atoms with van der Waals surface area (Å²) in [6.07, 6.45) is 1.59. The number of fused-ring (bicyclic) bond motifs is 1. The van der Waals surface area contributed by atoms with Crippen LogP contribution in [0.3, 0.4) is 0 Å². The van der Waals surface area contributed by atoms with Gasteiger partial charge in [-0.3, -0.25) is 4.98 Å². The highest BCUT2D eigenvalue weighted by Gasteiger charge is 2.10. The van der Waals surface area contributed by atoms with Gasteiger partial charge in [-0.1, -0.05) is 11.6 Å². The molecule has 1 heterocycles. The van der Waals surface area contributed by atoms with Crippen molar-refractivity contribution in [3.05, 3.63) is 59.0 Å². The number of anilines is 1. The molecule has 106 valence electrons. The van der Waals surface area contributed by atoms with E-state index in [1.807, 2.05) is 0 Å². The van der Waals surface area contributed by atoms with Gasteiger partial charge in [-0.15, -0.1) is 0 Å². The molecule has 0 saturated carbocycles. The topological polar surface area (TPSA) is 48.1 Å². The molecule has 0 bridgehead atoms. The van der Waals surface area contributed by atoms with E-state index in [2.05, 4.69) is 4.98 Å². The van der Waals surface area contributed by atoms with E-state index in [-0.39, 0.29) is 5.75 Å². The minimum atomic E-state index is -0.503. The van der Waals surface area contributed by atoms with Gasteiger partial charge in [-0.25, -0.2) is 4.39 Å². The lowest BCUT2D eigenvalue weighted by atomic mass is 10.2. The molecule has 0 radical (unpaired) electrons. The standard InChI is InChI=1S/C16H12ClFN2O/c1-9-6-16(12(18)8-13(9)19)21-15-4-5-20-14-7-10(17)2-3-11(14)15/h2-8H,19H2,1H3. The minimum Gasteiger partial charge on any atom is -0.454 e. The molecule has 2 aromatic carbocycles. The molecule has 0 fully saturated rings. The fourth-order valence-electron chi connectivity index (χ4n) is 2.05. The number of nitrogens with zero attached hydrogens (tertiary/aromatic N) is 1. The Balaban J connectivity index is 2.08. The van der Waals surface area contributed by atoms with E-state index in [1.165, 1.54) is 6.07 Å². The van der Waals surface area contributed by atoms with Gasteiger partial charge in [0.1, 0.15) is 5.75 Å². The lowest BCUT2D eigenvalue weighted by Gasteiger charge is -2.11. The molecule has 21 heavy (non-hydrogen) atoms. The van der Waals surface area contributed by atoms with Crippen molar-refractivity contribution in [2.24, 2.45) is 0 Å². The number of nitrogen functional groups attached to an aromatic ring is 1. The number of benzene rings is 2. The molecule has 3 rings (SSSR count). The van der Waals surface area contributed by atoms with Gasteiger partial charge in [-0.2, -0.15) is 0 Å². The van der Waals surface area contributed by atoms with E-state index < -0.39 is 5.82 Å². The van der Waals surface area contributed by atoms with E-state index in [0.29, 0.717) is 22.0 Å². The Labute approximate surface area is 126 Å². The van der Waals surface area contributed by atoms with Gasteiger partial charge in [0, 0.05) is 28.4 Å². The Hall–Kier alpha value is -2.33. The van der Waals surface area contributed by atoms with E-state index in [1.54, 1.807) is 43.5 Å². The molecule has 0 aliphatic carbocycles. The molecule has 0 saturated heterocycles. The molecule has 1 aromatic heterocycles. The summed E-state index contributed by atoms with van der Waals surface area (Å²) in [4.78, 5) is 4.22. The predicted octanol–water partition coefficient (Wildman–Crippen LogP) is 4.71. The third kappa shape index (κ3) is 2.62. The first-order valence-electron chi connectivity index (χ1n) is 6.32. The lowest BCUT2D eigenvalue weighted by molar-refractivity contribution is 0.446. The number of hydrogen-bond donors (Lipinski definition) is 1. The van der Waals surface area contributed by atoms with Crippen LogP contribution in [0.2, 0.25) is 5.02 Å². The molecule has 3 aromatic rings. The summed E-state index contributed by atoms with van der Waals surface area (Å²) in [6, 6.07) is 9.78. The fraction of sp³-hybridized carbons (Fsp3) is 0.0625. The van der Waals surface area contributed by atoms with Crippen LogP contribution in [0.1, 0.15) is 5.56 Å². The van der Waals surface area contributed by atoms with E-state index in [0.717, 1.165) is 10.9 Å². The van der Waals surface area contributed by atoms with Gasteiger partial charge < -0.3 is 10.5 Å². The molecule has 0 atom stereocenters. The first-order valence-corrected chi connectivity index (χ1v) is 6.70. The fourth-order valence-corrected chi connectivity index (χ4v) is 2.22. The van der Waals surface area contributed by atoms with Crippen LogP contribution >= 0.6 is 11.6 Å². The van der Waals surface area contributed by atoms with Crippen LogP contribution in [0.25, 0.3) is 10.9 Å². The van der Waals surface area contributed by atoms with Crippen LogP contribution in [0, 0.1) is 12.7 Å². The second kappa shape index (κ2) is 5.22. The third-order valence-corrected chi connectivity index (χ3v) is 3.44. The molecular weight excluding hydrogens is 291 g/mol. The summed E-state index contributed by atoms with van der Waals surface area (Å²) in [5, 5.41) is 1.34. The normalized spacial score (nSPS) is 10.8. The molecule has 0 spiro atoms. The second-order valence-corrected chi connectivity index (χ2v) is 5.15. The first-order chi connectivity index (χ1) is 10.0. The van der Waals surface area contributed by atoms with Crippen molar-refractivity contribution in [1.82, 2.24) is 4.98 Å². The van der Waals surface area contributed by atoms with Crippen molar-refractivity contribution in [3.8, 4) is 11.5 Å². The summed E-state index contributed by atoms with van der Waals surface area (Å²) < 4.78 is 19.6. The Morgan fingerprint density at radius 1 is 1.14 bits per heavy atom. The number of pyridine rings is 1. The minimum absolute atomic E-state index is 0.129. The van der Waals surface area contributed by atoms with Gasteiger partial charge >= 0.3 is 0 Å². The maximum Gasteiger partial charge on any atom is 0.167 e. The number of nitrogens with two attached hydrogens (primary N) is 1. The molecule has 5 heteroatoms. The maximum absolute atomic E-state index is 13.9. The SMILES string of the molecule is Cc1cc(Oc2ccnc3cc(Cl)ccc23)c(F)cc1N. The Kier molecular flexibility index (Phi) is 3.39. The van der Waals surface area contributed by atoms with Crippen molar-refractivity contribution < 1.29 is 9.13 Å². The summed E-state index contributed by atoms with van der Waals surface area (Å²) >= 11 is 5.94. The van der Waals surface area contributed by atoms with Crippen LogP contribution in [0.5, 0.6) is 11.5 Å². The number of ether oxygens (including phenoxy) is 1. The molecule has 2 N–H and O–H groups in total. The quantitative estimate of drug-likeness (QED) is 0.697. The van der Waals surface area contributed by atoms with Crippen LogP contribution in [-0.2, 0) is 0 Å². The number of aromatic nitrogens is 1. The van der Waals surface area contributed by atoms with Gasteiger partial charge in [0.2, 0.25) is 0 Å². The highest BCUT2D eigenvalue weighted by molar-refractivity contribution is 6.31. The maximum atomic E-state index is 13.9. The predicted molar refractivity (Wildman–Crippen MR) is 82.4 cm³/mol. The van der Waals surface area contributed by atoms with Gasteiger partial charge in [-0.05, 0) is 42.8 Å². The summed E-state index contributed by atoms with van der Waals surface area (Å²) in [6.45, 7) is 1.80.